The summed E-state index contributed by atoms with van der Waals surface area (Å²) in [5, 5.41) is 0. The number of hydrogen-bond acceptors (Lipinski definition) is 5. The molecule has 5 heteroatoms. The van der Waals surface area contributed by atoms with Crippen molar-refractivity contribution in [1.82, 2.24) is 5.43 Å². The first-order valence-electron chi connectivity index (χ1n) is 7.01. The van der Waals surface area contributed by atoms with E-state index in [1.165, 1.54) is 12.8 Å². The first-order valence-corrected chi connectivity index (χ1v) is 7.01. The van der Waals surface area contributed by atoms with Crippen LogP contribution in [0.5, 0.6) is 0 Å². The summed E-state index contributed by atoms with van der Waals surface area (Å²) in [5.41, 5.74) is 2.78. The zero-order valence-electron chi connectivity index (χ0n) is 11.3. The molecular formula is C13H26N2O3. The molecule has 2 rings (SSSR count). The van der Waals surface area contributed by atoms with Crippen molar-refractivity contribution in [2.24, 2.45) is 5.84 Å². The average molecular weight is 258 g/mol. The molecule has 0 bridgehead atoms. The first-order chi connectivity index (χ1) is 8.80. The Kier molecular flexibility index (Phi) is 5.38. The molecule has 0 aromatic heterocycles. The number of hydrazine groups is 1. The van der Waals surface area contributed by atoms with Crippen LogP contribution < -0.4 is 11.3 Å². The van der Waals surface area contributed by atoms with E-state index in [0.717, 1.165) is 45.5 Å². The highest BCUT2D eigenvalue weighted by atomic mass is 16.5. The van der Waals surface area contributed by atoms with Gasteiger partial charge >= 0.3 is 0 Å². The molecule has 0 aliphatic carbocycles. The van der Waals surface area contributed by atoms with Gasteiger partial charge in [-0.3, -0.25) is 11.3 Å². The van der Waals surface area contributed by atoms with E-state index < -0.39 is 0 Å². The molecule has 2 saturated heterocycles. The van der Waals surface area contributed by atoms with Crippen molar-refractivity contribution in [3.63, 3.8) is 0 Å². The lowest BCUT2D eigenvalue weighted by molar-refractivity contribution is -0.113. The Balaban J connectivity index is 1.88. The third-order valence-electron chi connectivity index (χ3n) is 4.38. The number of rotatable bonds is 6. The van der Waals surface area contributed by atoms with Gasteiger partial charge in [0, 0.05) is 39.8 Å². The number of nitrogens with one attached hydrogen (secondary N) is 1. The van der Waals surface area contributed by atoms with Crippen LogP contribution in [0.15, 0.2) is 0 Å². The van der Waals surface area contributed by atoms with Crippen LogP contribution in [-0.2, 0) is 14.2 Å². The summed E-state index contributed by atoms with van der Waals surface area (Å²) >= 11 is 0. The lowest BCUT2D eigenvalue weighted by Gasteiger charge is -2.42. The number of methoxy groups -OCH3 is 1. The second-order valence-corrected chi connectivity index (χ2v) is 5.31. The topological polar surface area (TPSA) is 65.7 Å². The van der Waals surface area contributed by atoms with Gasteiger partial charge in [-0.2, -0.15) is 0 Å². The van der Waals surface area contributed by atoms with E-state index in [1.807, 2.05) is 0 Å². The summed E-state index contributed by atoms with van der Waals surface area (Å²) < 4.78 is 16.9. The van der Waals surface area contributed by atoms with E-state index in [9.17, 15) is 0 Å². The van der Waals surface area contributed by atoms with Gasteiger partial charge < -0.3 is 14.2 Å². The molecule has 2 aliphatic heterocycles. The predicted octanol–water partition coefficient (Wildman–Crippen LogP) is 0.973. The van der Waals surface area contributed by atoms with Gasteiger partial charge in [0.25, 0.3) is 0 Å². The molecule has 2 unspecified atom stereocenters. The highest BCUT2D eigenvalue weighted by molar-refractivity contribution is 4.94. The average Bonchev–Trinajstić information content (AvgIpc) is 2.93. The number of ether oxygens (including phenoxy) is 3. The van der Waals surface area contributed by atoms with Crippen LogP contribution in [-0.4, -0.2) is 44.7 Å². The second-order valence-electron chi connectivity index (χ2n) is 5.31. The molecular weight excluding hydrogens is 232 g/mol. The molecule has 5 nitrogen and oxygen atoms in total. The fourth-order valence-electron chi connectivity index (χ4n) is 3.13. The maximum Gasteiger partial charge on any atom is 0.0888 e. The molecule has 2 heterocycles. The quantitative estimate of drug-likeness (QED) is 0.549. The van der Waals surface area contributed by atoms with E-state index >= 15 is 0 Å². The molecule has 3 N–H and O–H groups in total. The van der Waals surface area contributed by atoms with Crippen molar-refractivity contribution in [3.8, 4) is 0 Å². The maximum absolute atomic E-state index is 5.78. The van der Waals surface area contributed by atoms with Crippen LogP contribution in [0.4, 0.5) is 0 Å². The van der Waals surface area contributed by atoms with Crippen LogP contribution in [0, 0.1) is 0 Å². The Morgan fingerprint density at radius 1 is 1.39 bits per heavy atom. The Morgan fingerprint density at radius 3 is 2.72 bits per heavy atom. The van der Waals surface area contributed by atoms with Crippen molar-refractivity contribution < 1.29 is 14.2 Å². The molecule has 0 amide bonds. The molecule has 2 fully saturated rings. The number of nitrogens with two attached hydrogens (primary N) is 1. The van der Waals surface area contributed by atoms with Gasteiger partial charge in [-0.05, 0) is 25.7 Å². The molecule has 0 aromatic rings. The molecule has 0 radical (unpaired) electrons. The summed E-state index contributed by atoms with van der Waals surface area (Å²) in [4.78, 5) is 0. The van der Waals surface area contributed by atoms with Gasteiger partial charge in [-0.15, -0.1) is 0 Å². The predicted molar refractivity (Wildman–Crippen MR) is 69.1 cm³/mol. The van der Waals surface area contributed by atoms with E-state index in [-0.39, 0.29) is 11.6 Å². The molecule has 2 aliphatic rings. The van der Waals surface area contributed by atoms with Crippen molar-refractivity contribution >= 4 is 0 Å². The summed E-state index contributed by atoms with van der Waals surface area (Å²) in [6.45, 7) is 2.42. The summed E-state index contributed by atoms with van der Waals surface area (Å²) in [5.74, 6) is 5.74. The fourth-order valence-corrected chi connectivity index (χ4v) is 3.13. The van der Waals surface area contributed by atoms with E-state index in [2.05, 4.69) is 5.43 Å². The lowest BCUT2D eigenvalue weighted by atomic mass is 9.83. The third kappa shape index (κ3) is 3.22. The SMILES string of the molecule is COC1(C(CCC2CCCO2)NN)CCOCC1. The smallest absolute Gasteiger partial charge is 0.0888 e. The van der Waals surface area contributed by atoms with E-state index in [4.69, 9.17) is 20.1 Å². The van der Waals surface area contributed by atoms with Gasteiger partial charge in [-0.1, -0.05) is 0 Å². The standard InChI is InChI=1S/C13H26N2O3/c1-16-13(6-9-17-10-7-13)12(15-14)5-4-11-3-2-8-18-11/h11-12,15H,2-10,14H2,1H3. The Labute approximate surface area is 109 Å². The summed E-state index contributed by atoms with van der Waals surface area (Å²) in [6.07, 6.45) is 6.65. The van der Waals surface area contributed by atoms with Crippen molar-refractivity contribution in [2.75, 3.05) is 26.9 Å². The van der Waals surface area contributed by atoms with Crippen LogP contribution in [0.3, 0.4) is 0 Å². The Hall–Kier alpha value is -0.200. The molecule has 0 saturated carbocycles. The van der Waals surface area contributed by atoms with Crippen molar-refractivity contribution in [3.05, 3.63) is 0 Å². The maximum atomic E-state index is 5.78. The van der Waals surface area contributed by atoms with Gasteiger partial charge in [0.05, 0.1) is 17.7 Å². The molecule has 0 spiro atoms. The van der Waals surface area contributed by atoms with E-state index in [1.54, 1.807) is 7.11 Å². The van der Waals surface area contributed by atoms with Crippen molar-refractivity contribution in [1.29, 1.82) is 0 Å². The fraction of sp³-hybridized carbons (Fsp3) is 1.00. The number of hydrogen-bond donors (Lipinski definition) is 2. The zero-order valence-corrected chi connectivity index (χ0v) is 11.3. The monoisotopic (exact) mass is 258 g/mol. The van der Waals surface area contributed by atoms with Crippen LogP contribution in [0.1, 0.15) is 38.5 Å². The van der Waals surface area contributed by atoms with Gasteiger partial charge in [0.15, 0.2) is 0 Å². The van der Waals surface area contributed by atoms with Crippen molar-refractivity contribution in [2.45, 2.75) is 56.3 Å². The summed E-state index contributed by atoms with van der Waals surface area (Å²) in [7, 11) is 1.78. The minimum atomic E-state index is -0.175. The normalized spacial score (nSPS) is 29.3. The van der Waals surface area contributed by atoms with Crippen LogP contribution in [0.25, 0.3) is 0 Å². The van der Waals surface area contributed by atoms with Gasteiger partial charge in [0.2, 0.25) is 0 Å². The molecule has 106 valence electrons. The minimum Gasteiger partial charge on any atom is -0.381 e. The third-order valence-corrected chi connectivity index (χ3v) is 4.38. The van der Waals surface area contributed by atoms with E-state index in [0.29, 0.717) is 6.10 Å². The molecule has 0 aromatic carbocycles. The second kappa shape index (κ2) is 6.82. The lowest BCUT2D eigenvalue weighted by Crippen LogP contribution is -2.57. The van der Waals surface area contributed by atoms with Crippen LogP contribution >= 0.6 is 0 Å². The van der Waals surface area contributed by atoms with Gasteiger partial charge in [0.1, 0.15) is 0 Å². The Morgan fingerprint density at radius 2 is 2.17 bits per heavy atom. The highest BCUT2D eigenvalue weighted by Crippen LogP contribution is 2.31. The zero-order chi connectivity index (χ0) is 12.8. The summed E-state index contributed by atoms with van der Waals surface area (Å²) in [6, 6.07) is 0.176. The highest BCUT2D eigenvalue weighted by Gasteiger charge is 2.40. The van der Waals surface area contributed by atoms with Crippen LogP contribution in [0.2, 0.25) is 0 Å². The largest absolute Gasteiger partial charge is 0.381 e. The Bertz CT molecular complexity index is 238. The molecule has 18 heavy (non-hydrogen) atoms. The van der Waals surface area contributed by atoms with Gasteiger partial charge in [-0.25, -0.2) is 0 Å². The molecule has 2 atom stereocenters. The first kappa shape index (κ1) is 14.2. The minimum absolute atomic E-state index is 0.175.